The van der Waals surface area contributed by atoms with Crippen molar-refractivity contribution in [2.45, 2.75) is 354 Å². The van der Waals surface area contributed by atoms with Crippen LogP contribution >= 0.6 is 15.6 Å². The van der Waals surface area contributed by atoms with Gasteiger partial charge in [-0.25, -0.2) is 9.13 Å². The maximum absolute atomic E-state index is 13.0. The molecule has 0 aliphatic heterocycles. The van der Waals surface area contributed by atoms with E-state index in [2.05, 4.69) is 27.7 Å². The van der Waals surface area contributed by atoms with Crippen LogP contribution < -0.4 is 0 Å². The van der Waals surface area contributed by atoms with Crippen LogP contribution in [0.3, 0.4) is 0 Å². The Balaban J connectivity index is 5.20. The molecule has 0 saturated heterocycles. The summed E-state index contributed by atoms with van der Waals surface area (Å²) in [7, 11) is -9.88. The number of phosphoric acid groups is 2. The van der Waals surface area contributed by atoms with Crippen LogP contribution in [0.25, 0.3) is 0 Å². The molecule has 0 bridgehead atoms. The highest BCUT2D eigenvalue weighted by Crippen LogP contribution is 2.45. The first kappa shape index (κ1) is 82.1. The van der Waals surface area contributed by atoms with Crippen molar-refractivity contribution in [3.63, 3.8) is 0 Å². The second-order valence-corrected chi connectivity index (χ2v) is 26.4. The number of hydrogen-bond acceptors (Lipinski definition) is 15. The van der Waals surface area contributed by atoms with Gasteiger partial charge in [-0.05, 0) is 25.7 Å². The Bertz CT molecular complexity index is 1620. The Labute approximate surface area is 511 Å². The Kier molecular flexibility index (Phi) is 58.6. The number of phosphoric ester groups is 2. The zero-order valence-electron chi connectivity index (χ0n) is 53.9. The zero-order valence-corrected chi connectivity index (χ0v) is 55.7. The van der Waals surface area contributed by atoms with Gasteiger partial charge in [-0.3, -0.25) is 37.3 Å². The highest BCUT2D eigenvalue weighted by atomic mass is 31.2. The second-order valence-electron chi connectivity index (χ2n) is 23.5. The van der Waals surface area contributed by atoms with E-state index < -0.39 is 97.5 Å². The van der Waals surface area contributed by atoms with Gasteiger partial charge in [0.25, 0.3) is 0 Å². The second kappa shape index (κ2) is 60.0. The van der Waals surface area contributed by atoms with Crippen molar-refractivity contribution in [1.29, 1.82) is 0 Å². The Morgan fingerprint density at radius 3 is 0.702 bits per heavy atom. The van der Waals surface area contributed by atoms with E-state index in [0.29, 0.717) is 25.7 Å². The average Bonchev–Trinajstić information content (AvgIpc) is 3.58. The molecule has 0 radical (unpaired) electrons. The van der Waals surface area contributed by atoms with Gasteiger partial charge < -0.3 is 33.8 Å². The van der Waals surface area contributed by atoms with E-state index in [1.807, 2.05) is 0 Å². The third kappa shape index (κ3) is 59.0. The molecule has 2 unspecified atom stereocenters. The molecule has 17 nitrogen and oxygen atoms in total. The summed E-state index contributed by atoms with van der Waals surface area (Å²) in [5, 5.41) is 10.5. The summed E-state index contributed by atoms with van der Waals surface area (Å²) in [6.45, 7) is 4.86. The summed E-state index contributed by atoms with van der Waals surface area (Å²) in [6, 6.07) is 0. The normalized spacial score (nSPS) is 14.1. The highest BCUT2D eigenvalue weighted by molar-refractivity contribution is 7.47. The minimum Gasteiger partial charge on any atom is -0.462 e. The third-order valence-corrected chi connectivity index (χ3v) is 17.0. The van der Waals surface area contributed by atoms with Gasteiger partial charge in [0.1, 0.15) is 19.3 Å². The number of carbonyl (C=O) groups is 4. The van der Waals surface area contributed by atoms with E-state index >= 15 is 0 Å². The van der Waals surface area contributed by atoms with Crippen molar-refractivity contribution in [3.05, 3.63) is 0 Å². The third-order valence-electron chi connectivity index (χ3n) is 15.1. The first-order valence-corrected chi connectivity index (χ1v) is 37.3. The lowest BCUT2D eigenvalue weighted by molar-refractivity contribution is -0.161. The first-order chi connectivity index (χ1) is 40.7. The molecule has 0 spiro atoms. The summed E-state index contributed by atoms with van der Waals surface area (Å²) in [4.78, 5) is 72.1. The fourth-order valence-electron chi connectivity index (χ4n) is 9.81. The van der Waals surface area contributed by atoms with Crippen molar-refractivity contribution < 1.29 is 80.2 Å². The molecule has 0 aromatic carbocycles. The minimum absolute atomic E-state index is 0.106. The number of carbonyl (C=O) groups excluding carboxylic acids is 4. The van der Waals surface area contributed by atoms with Gasteiger partial charge in [0, 0.05) is 25.7 Å². The van der Waals surface area contributed by atoms with Crippen molar-refractivity contribution >= 4 is 39.5 Å². The van der Waals surface area contributed by atoms with Gasteiger partial charge in [0.05, 0.1) is 26.4 Å². The molecule has 0 rings (SSSR count). The van der Waals surface area contributed by atoms with Gasteiger partial charge in [-0.2, -0.15) is 0 Å². The van der Waals surface area contributed by atoms with E-state index in [0.717, 1.165) is 103 Å². The van der Waals surface area contributed by atoms with Crippen molar-refractivity contribution in [3.8, 4) is 0 Å². The molecule has 0 heterocycles. The van der Waals surface area contributed by atoms with E-state index in [4.69, 9.17) is 37.0 Å². The number of unbranched alkanes of at least 4 members (excludes halogenated alkanes) is 40. The van der Waals surface area contributed by atoms with Gasteiger partial charge in [0.15, 0.2) is 12.2 Å². The summed E-state index contributed by atoms with van der Waals surface area (Å²) in [5.74, 6) is -2.13. The average molecular weight is 1240 g/mol. The summed E-state index contributed by atoms with van der Waals surface area (Å²) < 4.78 is 68.0. The number of rotatable bonds is 66. The topological polar surface area (TPSA) is 237 Å². The van der Waals surface area contributed by atoms with Crippen LogP contribution in [0.2, 0.25) is 0 Å². The smallest absolute Gasteiger partial charge is 0.462 e. The lowest BCUT2D eigenvalue weighted by Crippen LogP contribution is -2.30. The molecule has 0 aromatic rings. The fraction of sp³-hybridized carbons (Fsp3) is 0.938. The van der Waals surface area contributed by atoms with E-state index in [-0.39, 0.29) is 25.7 Å². The molecule has 498 valence electrons. The molecule has 84 heavy (non-hydrogen) atoms. The van der Waals surface area contributed by atoms with E-state index in [1.54, 1.807) is 0 Å². The molecule has 0 aliphatic carbocycles. The van der Waals surface area contributed by atoms with Crippen LogP contribution in [0.15, 0.2) is 0 Å². The molecule has 0 aliphatic rings. The first-order valence-electron chi connectivity index (χ1n) is 34.3. The Morgan fingerprint density at radius 2 is 0.476 bits per heavy atom. The lowest BCUT2D eigenvalue weighted by atomic mass is 10.0. The van der Waals surface area contributed by atoms with Crippen LogP contribution in [0.4, 0.5) is 0 Å². The van der Waals surface area contributed by atoms with E-state index in [9.17, 15) is 43.2 Å². The zero-order chi connectivity index (χ0) is 61.9. The Morgan fingerprint density at radius 1 is 0.286 bits per heavy atom. The van der Waals surface area contributed by atoms with Crippen molar-refractivity contribution in [2.24, 2.45) is 0 Å². The van der Waals surface area contributed by atoms with Gasteiger partial charge in [0.2, 0.25) is 0 Å². The quantitative estimate of drug-likeness (QED) is 0.0222. The SMILES string of the molecule is CCCCCCCCCCCCCCCCCC(=O)O[C@H](COC(=O)CCCCCCCCCCCCCC)COP(=O)(O)OC[C@@H](O)COP(=O)(O)OC[C@@H](COC(=O)CCCCCCCCC)OC(=O)CCCCCCCCCCCC. The monoisotopic (exact) mass is 1240 g/mol. The summed E-state index contributed by atoms with van der Waals surface area (Å²) in [5.41, 5.74) is 0. The number of ether oxygens (including phenoxy) is 4. The predicted molar refractivity (Wildman–Crippen MR) is 335 cm³/mol. The molecular weight excluding hydrogens is 1110 g/mol. The Hall–Kier alpha value is -1.94. The molecule has 5 atom stereocenters. The highest BCUT2D eigenvalue weighted by Gasteiger charge is 2.30. The molecule has 0 saturated carbocycles. The lowest BCUT2D eigenvalue weighted by Gasteiger charge is -2.21. The van der Waals surface area contributed by atoms with Crippen molar-refractivity contribution in [1.82, 2.24) is 0 Å². The standard InChI is InChI=1S/C65H126O17P2/c1-5-9-13-17-21-24-27-29-30-31-33-36-40-44-48-52-65(70)82-61(56-76-63(68)50-46-42-38-35-32-28-25-22-18-14-10-6-2)58-80-84(73,74)78-54-59(66)53-77-83(71,72)79-57-60(55-75-62(67)49-45-41-37-20-16-12-8-4)81-64(69)51-47-43-39-34-26-23-19-15-11-7-3/h59-61,66H,5-58H2,1-4H3,(H,71,72)(H,73,74)/t59-,60+,61+/m0/s1. The molecule has 0 fully saturated rings. The number of hydrogen-bond donors (Lipinski definition) is 3. The number of aliphatic hydroxyl groups excluding tert-OH is 1. The summed E-state index contributed by atoms with van der Waals surface area (Å²) in [6.07, 6.45) is 45.8. The molecule has 0 aromatic heterocycles. The van der Waals surface area contributed by atoms with Crippen LogP contribution in [0.1, 0.15) is 336 Å². The molecule has 3 N–H and O–H groups in total. The molecule has 0 amide bonds. The van der Waals surface area contributed by atoms with E-state index in [1.165, 1.54) is 154 Å². The largest absolute Gasteiger partial charge is 0.472 e. The van der Waals surface area contributed by atoms with Gasteiger partial charge >= 0.3 is 39.5 Å². The predicted octanol–water partition coefficient (Wildman–Crippen LogP) is 18.3. The van der Waals surface area contributed by atoms with Gasteiger partial charge in [-0.15, -0.1) is 0 Å². The maximum Gasteiger partial charge on any atom is 0.472 e. The summed E-state index contributed by atoms with van der Waals surface area (Å²) >= 11 is 0. The van der Waals surface area contributed by atoms with Crippen LogP contribution in [0.5, 0.6) is 0 Å². The van der Waals surface area contributed by atoms with Crippen LogP contribution in [0, 0.1) is 0 Å². The van der Waals surface area contributed by atoms with Crippen LogP contribution in [-0.4, -0.2) is 96.7 Å². The maximum atomic E-state index is 13.0. The van der Waals surface area contributed by atoms with Gasteiger partial charge in [-0.1, -0.05) is 285 Å². The van der Waals surface area contributed by atoms with Crippen LogP contribution in [-0.2, 0) is 65.4 Å². The van der Waals surface area contributed by atoms with Crippen molar-refractivity contribution in [2.75, 3.05) is 39.6 Å². The minimum atomic E-state index is -4.94. The number of esters is 4. The number of aliphatic hydroxyl groups is 1. The molecular formula is C65H126O17P2. The molecule has 19 heteroatoms. The fourth-order valence-corrected chi connectivity index (χ4v) is 11.4.